The van der Waals surface area contributed by atoms with E-state index in [1.165, 1.54) is 6.07 Å². The monoisotopic (exact) mass is 266 g/mol. The number of carbonyl (C=O) groups excluding carboxylic acids is 2. The van der Waals surface area contributed by atoms with Crippen molar-refractivity contribution in [1.29, 1.82) is 0 Å². The van der Waals surface area contributed by atoms with Crippen LogP contribution in [0.5, 0.6) is 0 Å². The van der Waals surface area contributed by atoms with Crippen molar-refractivity contribution in [3.05, 3.63) is 35.6 Å². The molecule has 0 heterocycles. The fourth-order valence-electron chi connectivity index (χ4n) is 1.48. The molecule has 104 valence electrons. The molecule has 1 rings (SSSR count). The van der Waals surface area contributed by atoms with Gasteiger partial charge in [0.2, 0.25) is 0 Å². The summed E-state index contributed by atoms with van der Waals surface area (Å²) in [6, 6.07) is 6.32. The molecule has 0 bridgehead atoms. The molecule has 0 aliphatic heterocycles. The van der Waals surface area contributed by atoms with Crippen LogP contribution in [0.3, 0.4) is 0 Å². The SMILES string of the molecule is CCC(C)NC(=O)C(=O)NCCc1ccccc1F. The number of hydrogen-bond donors (Lipinski definition) is 2. The van der Waals surface area contributed by atoms with Gasteiger partial charge >= 0.3 is 11.8 Å². The molecule has 2 N–H and O–H groups in total. The summed E-state index contributed by atoms with van der Waals surface area (Å²) in [7, 11) is 0. The summed E-state index contributed by atoms with van der Waals surface area (Å²) in [5.74, 6) is -1.64. The van der Waals surface area contributed by atoms with Crippen molar-refractivity contribution in [3.63, 3.8) is 0 Å². The van der Waals surface area contributed by atoms with Gasteiger partial charge < -0.3 is 10.6 Å². The molecule has 1 atom stereocenters. The number of rotatable bonds is 5. The summed E-state index contributed by atoms with van der Waals surface area (Å²) in [6.07, 6.45) is 1.11. The molecule has 0 saturated heterocycles. The molecular weight excluding hydrogens is 247 g/mol. The van der Waals surface area contributed by atoms with Gasteiger partial charge in [-0.25, -0.2) is 4.39 Å². The van der Waals surface area contributed by atoms with Gasteiger partial charge in [0.05, 0.1) is 0 Å². The maximum atomic E-state index is 13.3. The molecule has 1 unspecified atom stereocenters. The average molecular weight is 266 g/mol. The lowest BCUT2D eigenvalue weighted by atomic mass is 10.1. The third-order valence-corrected chi connectivity index (χ3v) is 2.83. The van der Waals surface area contributed by atoms with E-state index in [2.05, 4.69) is 10.6 Å². The van der Waals surface area contributed by atoms with Crippen LogP contribution in [0.25, 0.3) is 0 Å². The van der Waals surface area contributed by atoms with Crippen molar-refractivity contribution < 1.29 is 14.0 Å². The summed E-state index contributed by atoms with van der Waals surface area (Å²) < 4.78 is 13.3. The standard InChI is InChI=1S/C14H19FN2O2/c1-3-10(2)17-14(19)13(18)16-9-8-11-6-4-5-7-12(11)15/h4-7,10H,3,8-9H2,1-2H3,(H,16,18)(H,17,19). The van der Waals surface area contributed by atoms with Gasteiger partial charge in [0.25, 0.3) is 0 Å². The van der Waals surface area contributed by atoms with Crippen LogP contribution in [0, 0.1) is 5.82 Å². The predicted octanol–water partition coefficient (Wildman–Crippen LogP) is 1.40. The summed E-state index contributed by atoms with van der Waals surface area (Å²) in [5, 5.41) is 5.03. The van der Waals surface area contributed by atoms with E-state index in [4.69, 9.17) is 0 Å². The van der Waals surface area contributed by atoms with Crippen molar-refractivity contribution in [2.45, 2.75) is 32.7 Å². The number of halogens is 1. The van der Waals surface area contributed by atoms with E-state index in [-0.39, 0.29) is 18.4 Å². The van der Waals surface area contributed by atoms with Gasteiger partial charge in [-0.1, -0.05) is 25.1 Å². The van der Waals surface area contributed by atoms with Crippen LogP contribution in [0.2, 0.25) is 0 Å². The Bertz CT molecular complexity index is 449. The molecule has 1 aromatic carbocycles. The highest BCUT2D eigenvalue weighted by molar-refractivity contribution is 6.35. The minimum atomic E-state index is -0.684. The second-order valence-corrected chi connectivity index (χ2v) is 4.38. The van der Waals surface area contributed by atoms with Crippen molar-refractivity contribution in [1.82, 2.24) is 10.6 Å². The number of hydrogen-bond acceptors (Lipinski definition) is 2. The van der Waals surface area contributed by atoms with Gasteiger partial charge in [0, 0.05) is 12.6 Å². The topological polar surface area (TPSA) is 58.2 Å². The van der Waals surface area contributed by atoms with E-state index in [1.54, 1.807) is 18.2 Å². The number of nitrogens with one attached hydrogen (secondary N) is 2. The molecule has 0 aromatic heterocycles. The highest BCUT2D eigenvalue weighted by Crippen LogP contribution is 2.05. The Balaban J connectivity index is 2.35. The van der Waals surface area contributed by atoms with Crippen molar-refractivity contribution in [2.75, 3.05) is 6.54 Å². The number of amides is 2. The highest BCUT2D eigenvalue weighted by Gasteiger charge is 2.14. The van der Waals surface area contributed by atoms with Gasteiger partial charge in [-0.2, -0.15) is 0 Å². The lowest BCUT2D eigenvalue weighted by Gasteiger charge is -2.11. The third-order valence-electron chi connectivity index (χ3n) is 2.83. The first kappa shape index (κ1) is 15.1. The molecule has 0 fully saturated rings. The van der Waals surface area contributed by atoms with Crippen molar-refractivity contribution in [3.8, 4) is 0 Å². The third kappa shape index (κ3) is 5.07. The molecule has 0 spiro atoms. The zero-order chi connectivity index (χ0) is 14.3. The Hall–Kier alpha value is -1.91. The molecule has 19 heavy (non-hydrogen) atoms. The van der Waals surface area contributed by atoms with E-state index in [9.17, 15) is 14.0 Å². The van der Waals surface area contributed by atoms with E-state index < -0.39 is 11.8 Å². The zero-order valence-electron chi connectivity index (χ0n) is 11.2. The molecule has 2 amide bonds. The second kappa shape index (κ2) is 7.51. The molecule has 0 aliphatic carbocycles. The van der Waals surface area contributed by atoms with Crippen LogP contribution < -0.4 is 10.6 Å². The summed E-state index contributed by atoms with van der Waals surface area (Å²) in [5.41, 5.74) is 0.519. The van der Waals surface area contributed by atoms with Crippen molar-refractivity contribution in [2.24, 2.45) is 0 Å². The van der Waals surface area contributed by atoms with Crippen LogP contribution in [0.4, 0.5) is 4.39 Å². The zero-order valence-corrected chi connectivity index (χ0v) is 11.2. The second-order valence-electron chi connectivity index (χ2n) is 4.38. The average Bonchev–Trinajstić information content (AvgIpc) is 2.40. The smallest absolute Gasteiger partial charge is 0.309 e. The van der Waals surface area contributed by atoms with Gasteiger partial charge in [-0.3, -0.25) is 9.59 Å². The molecule has 5 heteroatoms. The lowest BCUT2D eigenvalue weighted by molar-refractivity contribution is -0.139. The van der Waals surface area contributed by atoms with E-state index in [0.717, 1.165) is 6.42 Å². The van der Waals surface area contributed by atoms with E-state index in [0.29, 0.717) is 12.0 Å². The summed E-state index contributed by atoms with van der Waals surface area (Å²) >= 11 is 0. The Morgan fingerprint density at radius 3 is 2.58 bits per heavy atom. The molecule has 1 aromatic rings. The fraction of sp³-hybridized carbons (Fsp3) is 0.429. The highest BCUT2D eigenvalue weighted by atomic mass is 19.1. The minimum Gasteiger partial charge on any atom is -0.348 e. The largest absolute Gasteiger partial charge is 0.348 e. The summed E-state index contributed by atoms with van der Waals surface area (Å²) in [6.45, 7) is 3.97. The molecule has 4 nitrogen and oxygen atoms in total. The van der Waals surface area contributed by atoms with Crippen LogP contribution in [-0.4, -0.2) is 24.4 Å². The Kier molecular flexibility index (Phi) is 5.99. The van der Waals surface area contributed by atoms with Gasteiger partial charge in [0.1, 0.15) is 5.82 Å². The molecule has 0 saturated carbocycles. The van der Waals surface area contributed by atoms with E-state index in [1.807, 2.05) is 13.8 Å². The first-order chi connectivity index (χ1) is 9.04. The van der Waals surface area contributed by atoms with Gasteiger partial charge in [-0.15, -0.1) is 0 Å². The predicted molar refractivity (Wildman–Crippen MR) is 71.0 cm³/mol. The first-order valence-corrected chi connectivity index (χ1v) is 6.36. The van der Waals surface area contributed by atoms with E-state index >= 15 is 0 Å². The summed E-state index contributed by atoms with van der Waals surface area (Å²) in [4.78, 5) is 22.9. The Labute approximate surface area is 112 Å². The molecule has 0 aliphatic rings. The maximum Gasteiger partial charge on any atom is 0.309 e. The Morgan fingerprint density at radius 2 is 1.95 bits per heavy atom. The molecular formula is C14H19FN2O2. The van der Waals surface area contributed by atoms with Gasteiger partial charge in [0.15, 0.2) is 0 Å². The Morgan fingerprint density at radius 1 is 1.26 bits per heavy atom. The lowest BCUT2D eigenvalue weighted by Crippen LogP contribution is -2.43. The molecule has 0 radical (unpaired) electrons. The fourth-order valence-corrected chi connectivity index (χ4v) is 1.48. The van der Waals surface area contributed by atoms with Crippen LogP contribution in [-0.2, 0) is 16.0 Å². The van der Waals surface area contributed by atoms with Crippen LogP contribution in [0.15, 0.2) is 24.3 Å². The van der Waals surface area contributed by atoms with Crippen LogP contribution in [0.1, 0.15) is 25.8 Å². The quantitative estimate of drug-likeness (QED) is 0.791. The first-order valence-electron chi connectivity index (χ1n) is 6.36. The number of carbonyl (C=O) groups is 2. The van der Waals surface area contributed by atoms with Gasteiger partial charge in [-0.05, 0) is 31.4 Å². The maximum absolute atomic E-state index is 13.3. The minimum absolute atomic E-state index is 0.0372. The van der Waals surface area contributed by atoms with Crippen LogP contribution >= 0.6 is 0 Å². The number of benzene rings is 1. The normalized spacial score (nSPS) is 11.7. The van der Waals surface area contributed by atoms with Crippen molar-refractivity contribution >= 4 is 11.8 Å².